The van der Waals surface area contributed by atoms with Crippen molar-refractivity contribution in [3.63, 3.8) is 0 Å². The van der Waals surface area contributed by atoms with Crippen LogP contribution in [0.3, 0.4) is 0 Å². The molecule has 2 bridgehead atoms. The Morgan fingerprint density at radius 3 is 2.25 bits per heavy atom. The van der Waals surface area contributed by atoms with E-state index in [4.69, 9.17) is 0 Å². The van der Waals surface area contributed by atoms with E-state index in [1.54, 1.807) is 6.20 Å². The topological polar surface area (TPSA) is 73.4 Å². The van der Waals surface area contributed by atoms with Crippen molar-refractivity contribution in [1.29, 1.82) is 0 Å². The number of fused-ring (bicyclic) bond motifs is 2. The van der Waals surface area contributed by atoms with Gasteiger partial charge < -0.3 is 15.5 Å². The standard InChI is InChI=1S/C25H28N6O/c1-17(32)27-19-5-3-18(4-6-19)24-13-14-26-25(29-24)28-20-7-9-21(10-8-20)31-15-22-11-12-23(16-31)30(22)2/h3-10,13-14,22-23H,11-12,15-16H2,1-2H3,(H,27,32)(H,26,28,29). The number of nitrogens with zero attached hydrogens (tertiary/aromatic N) is 4. The van der Waals surface area contributed by atoms with Crippen molar-refractivity contribution in [2.24, 2.45) is 0 Å². The zero-order valence-corrected chi connectivity index (χ0v) is 18.5. The number of carbonyl (C=O) groups is 1. The van der Waals surface area contributed by atoms with Gasteiger partial charge in [-0.15, -0.1) is 0 Å². The maximum Gasteiger partial charge on any atom is 0.227 e. The first-order chi connectivity index (χ1) is 15.5. The summed E-state index contributed by atoms with van der Waals surface area (Å²) in [5.74, 6) is 0.469. The number of piperazine rings is 1. The summed E-state index contributed by atoms with van der Waals surface area (Å²) in [6, 6.07) is 19.4. The van der Waals surface area contributed by atoms with Gasteiger partial charge in [0, 0.05) is 60.9 Å². The van der Waals surface area contributed by atoms with E-state index < -0.39 is 0 Å². The molecule has 5 rings (SSSR count). The van der Waals surface area contributed by atoms with Gasteiger partial charge in [0.05, 0.1) is 5.69 Å². The lowest BCUT2D eigenvalue weighted by Gasteiger charge is -2.40. The van der Waals surface area contributed by atoms with Crippen LogP contribution < -0.4 is 15.5 Å². The van der Waals surface area contributed by atoms with Crippen molar-refractivity contribution >= 4 is 28.9 Å². The van der Waals surface area contributed by atoms with Gasteiger partial charge in [-0.25, -0.2) is 9.97 Å². The predicted octanol–water partition coefficient (Wildman–Crippen LogP) is 4.13. The molecule has 7 heteroatoms. The highest BCUT2D eigenvalue weighted by atomic mass is 16.1. The molecular formula is C25H28N6O. The molecule has 164 valence electrons. The highest BCUT2D eigenvalue weighted by Crippen LogP contribution is 2.32. The van der Waals surface area contributed by atoms with Crippen LogP contribution in [0.1, 0.15) is 19.8 Å². The molecule has 1 aromatic heterocycles. The van der Waals surface area contributed by atoms with Gasteiger partial charge in [0.25, 0.3) is 0 Å². The first kappa shape index (κ1) is 20.5. The van der Waals surface area contributed by atoms with Crippen LogP contribution in [0.25, 0.3) is 11.3 Å². The van der Waals surface area contributed by atoms with Crippen molar-refractivity contribution in [2.75, 3.05) is 35.7 Å². The number of amides is 1. The summed E-state index contributed by atoms with van der Waals surface area (Å²) in [5, 5.41) is 6.09. The molecule has 7 nitrogen and oxygen atoms in total. The lowest BCUT2D eigenvalue weighted by atomic mass is 10.1. The SMILES string of the molecule is CC(=O)Nc1ccc(-c2ccnc(Nc3ccc(N4CC5CCC(C4)N5C)cc3)n2)cc1. The number of aromatic nitrogens is 2. The molecule has 2 N–H and O–H groups in total. The number of rotatable bonds is 5. The molecule has 32 heavy (non-hydrogen) atoms. The second kappa shape index (κ2) is 8.59. The monoisotopic (exact) mass is 428 g/mol. The van der Waals surface area contributed by atoms with E-state index in [1.807, 2.05) is 30.3 Å². The lowest BCUT2D eigenvalue weighted by molar-refractivity contribution is -0.114. The third kappa shape index (κ3) is 4.29. The summed E-state index contributed by atoms with van der Waals surface area (Å²) < 4.78 is 0. The van der Waals surface area contributed by atoms with E-state index in [9.17, 15) is 4.79 Å². The Bertz CT molecular complexity index is 1080. The minimum atomic E-state index is -0.0859. The smallest absolute Gasteiger partial charge is 0.227 e. The van der Waals surface area contributed by atoms with E-state index in [2.05, 4.69) is 61.7 Å². The zero-order valence-electron chi connectivity index (χ0n) is 18.5. The fourth-order valence-corrected chi connectivity index (χ4v) is 4.72. The highest BCUT2D eigenvalue weighted by molar-refractivity contribution is 5.88. The molecule has 2 aliphatic rings. The quantitative estimate of drug-likeness (QED) is 0.637. The molecule has 0 spiro atoms. The molecule has 2 aromatic carbocycles. The molecule has 2 atom stereocenters. The summed E-state index contributed by atoms with van der Waals surface area (Å²) in [6.45, 7) is 3.70. The van der Waals surface area contributed by atoms with Gasteiger partial charge in [-0.3, -0.25) is 9.69 Å². The van der Waals surface area contributed by atoms with Gasteiger partial charge in [0.1, 0.15) is 0 Å². The molecule has 0 saturated carbocycles. The number of carbonyl (C=O) groups excluding carboxylic acids is 1. The Labute approximate surface area is 188 Å². The molecule has 1 amide bonds. The summed E-state index contributed by atoms with van der Waals surface area (Å²) >= 11 is 0. The van der Waals surface area contributed by atoms with Gasteiger partial charge in [-0.2, -0.15) is 0 Å². The van der Waals surface area contributed by atoms with Crippen molar-refractivity contribution in [3.05, 3.63) is 60.8 Å². The maximum absolute atomic E-state index is 11.2. The van der Waals surface area contributed by atoms with Crippen LogP contribution in [0.15, 0.2) is 60.8 Å². The van der Waals surface area contributed by atoms with Crippen LogP contribution >= 0.6 is 0 Å². The van der Waals surface area contributed by atoms with Crippen molar-refractivity contribution in [1.82, 2.24) is 14.9 Å². The van der Waals surface area contributed by atoms with Crippen LogP contribution in [-0.4, -0.2) is 53.0 Å². The van der Waals surface area contributed by atoms with Gasteiger partial charge in [0.15, 0.2) is 0 Å². The van der Waals surface area contributed by atoms with Crippen LogP contribution in [0.5, 0.6) is 0 Å². The normalized spacial score (nSPS) is 20.2. The Morgan fingerprint density at radius 1 is 0.938 bits per heavy atom. The molecule has 0 radical (unpaired) electrons. The van der Waals surface area contributed by atoms with Crippen molar-refractivity contribution in [3.8, 4) is 11.3 Å². The molecule has 2 aliphatic heterocycles. The van der Waals surface area contributed by atoms with Crippen LogP contribution in [-0.2, 0) is 4.79 Å². The molecule has 3 heterocycles. The van der Waals surface area contributed by atoms with Gasteiger partial charge in [-0.1, -0.05) is 12.1 Å². The second-order valence-electron chi connectivity index (χ2n) is 8.65. The van der Waals surface area contributed by atoms with E-state index in [1.165, 1.54) is 25.5 Å². The average molecular weight is 429 g/mol. The molecule has 3 aromatic rings. The van der Waals surface area contributed by atoms with Crippen molar-refractivity contribution in [2.45, 2.75) is 31.8 Å². The minimum Gasteiger partial charge on any atom is -0.368 e. The fraction of sp³-hybridized carbons (Fsp3) is 0.320. The van der Waals surface area contributed by atoms with E-state index in [0.29, 0.717) is 18.0 Å². The van der Waals surface area contributed by atoms with E-state index in [0.717, 1.165) is 35.7 Å². The second-order valence-corrected chi connectivity index (χ2v) is 8.65. The van der Waals surface area contributed by atoms with Crippen LogP contribution in [0, 0.1) is 0 Å². The number of hydrogen-bond acceptors (Lipinski definition) is 6. The molecular weight excluding hydrogens is 400 g/mol. The summed E-state index contributed by atoms with van der Waals surface area (Å²) in [5.41, 5.74) is 4.78. The zero-order chi connectivity index (χ0) is 22.1. The molecule has 0 aliphatic carbocycles. The van der Waals surface area contributed by atoms with Crippen molar-refractivity contribution < 1.29 is 4.79 Å². The molecule has 2 unspecified atom stereocenters. The third-order valence-electron chi connectivity index (χ3n) is 6.49. The Kier molecular flexibility index (Phi) is 5.49. The third-order valence-corrected chi connectivity index (χ3v) is 6.49. The number of likely N-dealkylation sites (N-methyl/N-ethyl adjacent to an activating group) is 1. The molecule has 2 saturated heterocycles. The lowest BCUT2D eigenvalue weighted by Crippen LogP contribution is -2.51. The first-order valence-corrected chi connectivity index (χ1v) is 11.1. The van der Waals surface area contributed by atoms with E-state index >= 15 is 0 Å². The highest BCUT2D eigenvalue weighted by Gasteiger charge is 2.37. The Balaban J connectivity index is 1.26. The number of benzene rings is 2. The predicted molar refractivity (Wildman–Crippen MR) is 128 cm³/mol. The largest absolute Gasteiger partial charge is 0.368 e. The summed E-state index contributed by atoms with van der Waals surface area (Å²) in [7, 11) is 2.26. The first-order valence-electron chi connectivity index (χ1n) is 11.1. The minimum absolute atomic E-state index is 0.0859. The molecule has 2 fully saturated rings. The van der Waals surface area contributed by atoms with E-state index in [-0.39, 0.29) is 5.91 Å². The van der Waals surface area contributed by atoms with Crippen LogP contribution in [0.2, 0.25) is 0 Å². The van der Waals surface area contributed by atoms with Gasteiger partial charge in [0.2, 0.25) is 11.9 Å². The Hall–Kier alpha value is -3.45. The fourth-order valence-electron chi connectivity index (χ4n) is 4.72. The average Bonchev–Trinajstić information content (AvgIpc) is 2.99. The van der Waals surface area contributed by atoms with Gasteiger partial charge in [-0.05, 0) is 62.4 Å². The Morgan fingerprint density at radius 2 is 1.59 bits per heavy atom. The van der Waals surface area contributed by atoms with Crippen LogP contribution in [0.4, 0.5) is 23.0 Å². The maximum atomic E-state index is 11.2. The van der Waals surface area contributed by atoms with Gasteiger partial charge >= 0.3 is 0 Å². The summed E-state index contributed by atoms with van der Waals surface area (Å²) in [6.07, 6.45) is 4.36. The number of nitrogens with one attached hydrogen (secondary N) is 2. The number of anilines is 4. The number of hydrogen-bond donors (Lipinski definition) is 2. The summed E-state index contributed by atoms with van der Waals surface area (Å²) in [4.78, 5) is 25.3.